The van der Waals surface area contributed by atoms with Crippen LogP contribution in [-0.4, -0.2) is 57.7 Å². The molecule has 3 heterocycles. The summed E-state index contributed by atoms with van der Waals surface area (Å²) in [5.41, 5.74) is 3.55. The third kappa shape index (κ3) is 4.05. The van der Waals surface area contributed by atoms with Crippen LogP contribution in [0.2, 0.25) is 0 Å². The van der Waals surface area contributed by atoms with E-state index in [-0.39, 0.29) is 5.82 Å². The molecule has 3 aromatic rings. The molecule has 1 saturated heterocycles. The summed E-state index contributed by atoms with van der Waals surface area (Å²) in [6.45, 7) is 5.85. The number of hydrogen-bond acceptors (Lipinski definition) is 5. The maximum atomic E-state index is 13.1. The van der Waals surface area contributed by atoms with Crippen LogP contribution in [0.15, 0.2) is 48.8 Å². The molecule has 1 atom stereocenters. The van der Waals surface area contributed by atoms with Crippen molar-refractivity contribution < 1.29 is 9.50 Å². The zero-order valence-corrected chi connectivity index (χ0v) is 15.8. The van der Waals surface area contributed by atoms with Gasteiger partial charge in [-0.3, -0.25) is 9.88 Å². The molecule has 1 aromatic carbocycles. The van der Waals surface area contributed by atoms with Crippen molar-refractivity contribution in [1.82, 2.24) is 19.9 Å². The highest BCUT2D eigenvalue weighted by molar-refractivity contribution is 5.55. The van der Waals surface area contributed by atoms with E-state index in [0.717, 1.165) is 48.9 Å². The fraction of sp³-hybridized carbons (Fsp3) is 0.333. The molecule has 0 aliphatic carbocycles. The normalized spacial score (nSPS) is 16.3. The van der Waals surface area contributed by atoms with Crippen LogP contribution >= 0.6 is 0 Å². The molecule has 2 N–H and O–H groups in total. The van der Waals surface area contributed by atoms with Crippen molar-refractivity contribution in [1.29, 1.82) is 0 Å². The Morgan fingerprint density at radius 1 is 1.07 bits per heavy atom. The van der Waals surface area contributed by atoms with Crippen LogP contribution in [0.25, 0.3) is 11.4 Å². The summed E-state index contributed by atoms with van der Waals surface area (Å²) < 4.78 is 13.1. The van der Waals surface area contributed by atoms with E-state index in [1.165, 1.54) is 12.1 Å². The fourth-order valence-electron chi connectivity index (χ4n) is 3.62. The zero-order chi connectivity index (χ0) is 19.5. The highest BCUT2D eigenvalue weighted by Crippen LogP contribution is 2.23. The van der Waals surface area contributed by atoms with Crippen LogP contribution in [0.1, 0.15) is 17.5 Å². The van der Waals surface area contributed by atoms with Gasteiger partial charge in [0.05, 0.1) is 5.69 Å². The molecule has 0 amide bonds. The molecule has 146 valence electrons. The van der Waals surface area contributed by atoms with Gasteiger partial charge in [-0.1, -0.05) is 0 Å². The number of imidazole rings is 1. The molecule has 1 aliphatic rings. The van der Waals surface area contributed by atoms with Crippen LogP contribution in [0, 0.1) is 12.7 Å². The maximum Gasteiger partial charge on any atom is 0.138 e. The highest BCUT2D eigenvalue weighted by Gasteiger charge is 2.23. The second-order valence-corrected chi connectivity index (χ2v) is 7.11. The predicted octanol–water partition coefficient (Wildman–Crippen LogP) is 2.77. The van der Waals surface area contributed by atoms with Gasteiger partial charge >= 0.3 is 0 Å². The largest absolute Gasteiger partial charge is 0.385 e. The lowest BCUT2D eigenvalue weighted by Gasteiger charge is -2.36. The molecule has 28 heavy (non-hydrogen) atoms. The van der Waals surface area contributed by atoms with Crippen LogP contribution in [0.4, 0.5) is 10.1 Å². The van der Waals surface area contributed by atoms with Crippen molar-refractivity contribution in [2.45, 2.75) is 13.0 Å². The summed E-state index contributed by atoms with van der Waals surface area (Å²) in [6, 6.07) is 10.4. The van der Waals surface area contributed by atoms with Crippen molar-refractivity contribution >= 4 is 5.69 Å². The number of halogens is 1. The number of aryl methyl sites for hydroxylation is 1. The van der Waals surface area contributed by atoms with E-state index < -0.39 is 6.10 Å². The molecule has 0 spiro atoms. The van der Waals surface area contributed by atoms with Gasteiger partial charge in [-0.25, -0.2) is 9.37 Å². The Morgan fingerprint density at radius 3 is 2.43 bits per heavy atom. The van der Waals surface area contributed by atoms with Crippen molar-refractivity contribution in [2.24, 2.45) is 0 Å². The number of hydrogen-bond donors (Lipinski definition) is 2. The number of pyridine rings is 1. The number of aromatic nitrogens is 3. The standard InChI is InChI=1S/C21H24FN5O/c1-15-20(25-21(24-15)16-6-8-23-9-7-16)19(28)14-26-10-12-27(13-11-26)18-4-2-17(22)3-5-18/h2-9,19,28H,10-14H2,1H3,(H,24,25). The minimum absolute atomic E-state index is 0.217. The topological polar surface area (TPSA) is 68.3 Å². The van der Waals surface area contributed by atoms with Gasteiger partial charge in [0.1, 0.15) is 17.7 Å². The number of anilines is 1. The average molecular weight is 381 g/mol. The lowest BCUT2D eigenvalue weighted by Crippen LogP contribution is -2.47. The SMILES string of the molecule is Cc1[nH]c(-c2ccncc2)nc1C(O)CN1CCN(c2ccc(F)cc2)CC1. The molecule has 1 aliphatic heterocycles. The van der Waals surface area contributed by atoms with E-state index in [1.807, 2.05) is 31.2 Å². The van der Waals surface area contributed by atoms with Crippen molar-refractivity contribution in [3.8, 4) is 11.4 Å². The molecule has 7 heteroatoms. The maximum absolute atomic E-state index is 13.1. The van der Waals surface area contributed by atoms with Gasteiger partial charge < -0.3 is 15.0 Å². The van der Waals surface area contributed by atoms with E-state index in [2.05, 4.69) is 24.8 Å². The van der Waals surface area contributed by atoms with Crippen LogP contribution in [-0.2, 0) is 0 Å². The van der Waals surface area contributed by atoms with Gasteiger partial charge in [0.15, 0.2) is 0 Å². The second kappa shape index (κ2) is 8.08. The Labute approximate surface area is 163 Å². The lowest BCUT2D eigenvalue weighted by molar-refractivity contribution is 0.106. The summed E-state index contributed by atoms with van der Waals surface area (Å²) in [5, 5.41) is 10.7. The lowest BCUT2D eigenvalue weighted by atomic mass is 10.2. The molecule has 0 radical (unpaired) electrons. The fourth-order valence-corrected chi connectivity index (χ4v) is 3.62. The second-order valence-electron chi connectivity index (χ2n) is 7.11. The van der Waals surface area contributed by atoms with Crippen molar-refractivity contribution in [2.75, 3.05) is 37.6 Å². The molecule has 2 aromatic heterocycles. The first-order valence-corrected chi connectivity index (χ1v) is 9.48. The van der Waals surface area contributed by atoms with Gasteiger partial charge in [0, 0.05) is 62.1 Å². The Balaban J connectivity index is 1.36. The first kappa shape index (κ1) is 18.6. The number of aromatic amines is 1. The molecule has 0 bridgehead atoms. The molecule has 1 unspecified atom stereocenters. The van der Waals surface area contributed by atoms with Gasteiger partial charge in [-0.05, 0) is 43.3 Å². The third-order valence-corrected chi connectivity index (χ3v) is 5.19. The zero-order valence-electron chi connectivity index (χ0n) is 15.8. The van der Waals surface area contributed by atoms with Gasteiger partial charge in [0.2, 0.25) is 0 Å². The first-order chi connectivity index (χ1) is 13.6. The highest BCUT2D eigenvalue weighted by atomic mass is 19.1. The molecule has 1 fully saturated rings. The molecule has 6 nitrogen and oxygen atoms in total. The van der Waals surface area contributed by atoms with Crippen molar-refractivity contribution in [3.05, 3.63) is 66.0 Å². The number of piperazine rings is 1. The summed E-state index contributed by atoms with van der Waals surface area (Å²) in [4.78, 5) is 16.4. The first-order valence-electron chi connectivity index (χ1n) is 9.48. The van der Waals surface area contributed by atoms with Crippen LogP contribution in [0.5, 0.6) is 0 Å². The summed E-state index contributed by atoms with van der Waals surface area (Å²) >= 11 is 0. The van der Waals surface area contributed by atoms with E-state index in [9.17, 15) is 9.50 Å². The Kier molecular flexibility index (Phi) is 5.36. The number of β-amino-alcohol motifs (C(OH)–C–C–N with tert-alkyl or cyclic N) is 1. The quantitative estimate of drug-likeness (QED) is 0.711. The monoisotopic (exact) mass is 381 g/mol. The molecular weight excluding hydrogens is 357 g/mol. The van der Waals surface area contributed by atoms with E-state index >= 15 is 0 Å². The smallest absolute Gasteiger partial charge is 0.138 e. The summed E-state index contributed by atoms with van der Waals surface area (Å²) in [5.74, 6) is 0.529. The van der Waals surface area contributed by atoms with E-state index in [4.69, 9.17) is 0 Å². The van der Waals surface area contributed by atoms with Gasteiger partial charge in [0.25, 0.3) is 0 Å². The van der Waals surface area contributed by atoms with Crippen LogP contribution < -0.4 is 4.90 Å². The van der Waals surface area contributed by atoms with Crippen molar-refractivity contribution in [3.63, 3.8) is 0 Å². The van der Waals surface area contributed by atoms with Gasteiger partial charge in [-0.15, -0.1) is 0 Å². The number of aliphatic hydroxyl groups excluding tert-OH is 1. The minimum Gasteiger partial charge on any atom is -0.385 e. The number of H-pyrrole nitrogens is 1. The number of nitrogens with one attached hydrogen (secondary N) is 1. The minimum atomic E-state index is -0.649. The average Bonchev–Trinajstić information content (AvgIpc) is 3.12. The van der Waals surface area contributed by atoms with E-state index in [0.29, 0.717) is 12.2 Å². The number of benzene rings is 1. The predicted molar refractivity (Wildman–Crippen MR) is 107 cm³/mol. The Hall–Kier alpha value is -2.77. The Morgan fingerprint density at radius 2 is 1.75 bits per heavy atom. The molecule has 4 rings (SSSR count). The summed E-state index contributed by atoms with van der Waals surface area (Å²) in [7, 11) is 0. The van der Waals surface area contributed by atoms with Crippen LogP contribution in [0.3, 0.4) is 0 Å². The van der Waals surface area contributed by atoms with Gasteiger partial charge in [-0.2, -0.15) is 0 Å². The number of rotatable bonds is 5. The Bertz CT molecular complexity index is 904. The number of nitrogens with zero attached hydrogens (tertiary/aromatic N) is 4. The molecular formula is C21H24FN5O. The summed E-state index contributed by atoms with van der Waals surface area (Å²) in [6.07, 6.45) is 2.80. The number of aliphatic hydroxyl groups is 1. The molecule has 0 saturated carbocycles. The third-order valence-electron chi connectivity index (χ3n) is 5.19. The van der Waals surface area contributed by atoms with E-state index in [1.54, 1.807) is 12.4 Å².